The quantitative estimate of drug-likeness (QED) is 0.0885. The Kier molecular flexibility index (Phi) is 37.9. The number of nitrogens with two attached hydrogens (primary N) is 1. The number of fused-ring (bicyclic) bond motifs is 3. The van der Waals surface area contributed by atoms with Crippen molar-refractivity contribution in [2.45, 2.75) is 310 Å². The fraction of sp³-hybridized carbons (Fsp3) is 0.756. The number of benzene rings is 1. The van der Waals surface area contributed by atoms with Gasteiger partial charge in [-0.05, 0) is 176 Å². The van der Waals surface area contributed by atoms with Crippen LogP contribution in [0.3, 0.4) is 0 Å². The predicted octanol–water partition coefficient (Wildman–Crippen LogP) is -0.445. The van der Waals surface area contributed by atoms with Crippen molar-refractivity contribution in [2.75, 3.05) is 31.3 Å². The van der Waals surface area contributed by atoms with Crippen LogP contribution in [0.25, 0.3) is 0 Å². The van der Waals surface area contributed by atoms with E-state index in [-0.39, 0.29) is 93.8 Å². The van der Waals surface area contributed by atoms with Gasteiger partial charge in [0.05, 0.1) is 24.4 Å². The van der Waals surface area contributed by atoms with Gasteiger partial charge in [-0.25, -0.2) is 4.39 Å². The average molecular weight is 1650 g/mol. The lowest BCUT2D eigenvalue weighted by molar-refractivity contribution is -0.139. The number of carboxylic acid groups (broad SMARTS) is 1. The predicted molar refractivity (Wildman–Crippen MR) is 425 cm³/mol. The average Bonchev–Trinajstić information content (AvgIpc) is 1.59. The Balaban J connectivity index is 1.23. The zero-order valence-corrected chi connectivity index (χ0v) is 68.5. The molecule has 6 aliphatic rings. The molecule has 640 valence electrons. The molecule has 3 aliphatic heterocycles. The minimum absolute atomic E-state index is 0.00345. The monoisotopic (exact) mass is 1640 g/mol. The van der Waals surface area contributed by atoms with Gasteiger partial charge in [-0.15, -0.1) is 0 Å². The van der Waals surface area contributed by atoms with E-state index in [1.807, 2.05) is 24.3 Å². The minimum Gasteiger partial charge on any atom is -0.481 e. The second kappa shape index (κ2) is 46.0. The minimum atomic E-state index is -1.83. The van der Waals surface area contributed by atoms with Crippen molar-refractivity contribution in [3.8, 4) is 0 Å². The van der Waals surface area contributed by atoms with Crippen molar-refractivity contribution in [1.29, 1.82) is 0 Å². The van der Waals surface area contributed by atoms with Gasteiger partial charge in [-0.2, -0.15) is 23.5 Å². The molecule has 0 spiro atoms. The third-order valence-corrected chi connectivity index (χ3v) is 24.7. The number of hydrogen-bond acceptors (Lipinski definition) is 22. The molecule has 5 fully saturated rings. The second-order valence-corrected chi connectivity index (χ2v) is 35.2. The summed E-state index contributed by atoms with van der Waals surface area (Å²) in [5, 5.41) is 92.9. The Morgan fingerprint density at radius 2 is 1.00 bits per heavy atom. The van der Waals surface area contributed by atoms with Gasteiger partial charge in [0.1, 0.15) is 72.6 Å². The number of carbonyl (C=O) groups is 13. The van der Waals surface area contributed by atoms with Crippen LogP contribution in [0, 0.1) is 29.1 Å². The Morgan fingerprint density at radius 1 is 0.544 bits per heavy atom. The number of primary amides is 1. The van der Waals surface area contributed by atoms with E-state index in [0.29, 0.717) is 101 Å². The van der Waals surface area contributed by atoms with E-state index in [1.54, 1.807) is 34.6 Å². The van der Waals surface area contributed by atoms with Gasteiger partial charge < -0.3 is 106 Å². The molecule has 114 heavy (non-hydrogen) atoms. The molecule has 2 saturated heterocycles. The molecular weight excluding hydrogens is 1520 g/mol. The number of rotatable bonds is 18. The number of carboxylic acids is 1. The second-order valence-electron chi connectivity index (χ2n) is 33.0. The fourth-order valence-electron chi connectivity index (χ4n) is 16.0. The van der Waals surface area contributed by atoms with Gasteiger partial charge in [0.2, 0.25) is 70.9 Å². The van der Waals surface area contributed by atoms with Crippen LogP contribution in [-0.2, 0) is 73.8 Å². The van der Waals surface area contributed by atoms with Gasteiger partial charge in [0.15, 0.2) is 0 Å². The number of thioether (sulfide) groups is 2. The third kappa shape index (κ3) is 30.0. The first-order valence-corrected chi connectivity index (χ1v) is 43.0. The molecule has 1 aromatic carbocycles. The van der Waals surface area contributed by atoms with Gasteiger partial charge in [0, 0.05) is 61.2 Å². The summed E-state index contributed by atoms with van der Waals surface area (Å²) in [4.78, 5) is 187. The molecule has 12 amide bonds. The molecule has 3 aliphatic carbocycles. The summed E-state index contributed by atoms with van der Waals surface area (Å²) in [6, 6.07) is -9.44. The van der Waals surface area contributed by atoms with Crippen LogP contribution >= 0.6 is 23.5 Å². The normalized spacial score (nSPS) is 32.9. The van der Waals surface area contributed by atoms with E-state index in [9.17, 15) is 68.7 Å². The molecule has 7 rings (SSSR count). The molecule has 36 heteroatoms. The van der Waals surface area contributed by atoms with E-state index in [1.165, 1.54) is 37.4 Å². The van der Waals surface area contributed by atoms with E-state index in [0.717, 1.165) is 11.1 Å². The molecule has 33 nitrogen and oxygen atoms in total. The molecule has 21 N–H and O–H groups in total. The zero-order valence-electron chi connectivity index (χ0n) is 66.8. The number of aliphatic carboxylic acids is 1. The van der Waals surface area contributed by atoms with Crippen molar-refractivity contribution in [1.82, 2.24) is 74.4 Å². The summed E-state index contributed by atoms with van der Waals surface area (Å²) in [5.74, 6) is -12.1. The number of carbonyl (C=O) groups excluding carboxylic acids is 12. The molecule has 3 saturated carbocycles. The van der Waals surface area contributed by atoms with Crippen molar-refractivity contribution in [3.63, 3.8) is 0 Å². The van der Waals surface area contributed by atoms with Crippen LogP contribution < -0.4 is 80.2 Å². The van der Waals surface area contributed by atoms with E-state index in [4.69, 9.17) is 5.73 Å². The molecule has 18 atom stereocenters. The number of aliphatic hydroxyl groups is 4. The van der Waals surface area contributed by atoms with Gasteiger partial charge >= 0.3 is 5.97 Å². The smallest absolute Gasteiger partial charge is 0.303 e. The number of amides is 12. The maximum absolute atomic E-state index is 15.3. The Morgan fingerprint density at radius 3 is 1.49 bits per heavy atom. The maximum Gasteiger partial charge on any atom is 0.303 e. The molecule has 2 bridgehead atoms. The van der Waals surface area contributed by atoms with Crippen LogP contribution in [0.4, 0.5) is 4.39 Å². The largest absolute Gasteiger partial charge is 0.481 e. The standard InChI is InChI=1S/C78H126FN15O18S2/c1-8-11-54-68(103)86-56(25-26-63(100)101)69(104)87-57(30-43-15-20-50(97)21-16-43)71(106)85-55(12-9-2)70(105)93-65(42(4)96)76(111)91-61(67(80)102)39-114-38-46-14-10-13-45(29-46)37-113-28-27-62(99)92-66(78(5,6)7)77(112)90-58(31-44-17-22-51(98)23-18-44)72(107)88-60(34-49-36-81-40-83-49)74(109)94-64(41(3)95)75(110)89-59(73(108)84-54)32-47-35-82-53-24-19-48(79)33-52(47)53/h10,13-14,29,41-44,47-61,64-66,81-83,95-98H,8-9,11-12,15-28,30-40H2,1-7H3,(H2,80,102)(H,84,108)(H,85,106)(H,86,103)(H,87,104)(H,88,107)(H,89,110)(H,90,112)(H,91,111)(H,92,99)(H,93,105)(H,94,109)(H,100,101)/t41-,42-,43?,44?,47?,48?,49?,50?,51?,52?,53?,54+,55+,56+,57+,58+,59+,60+,61+,64+,65+,66-/m1/s1. The number of hydrogen-bond donors (Lipinski definition) is 20. The summed E-state index contributed by atoms with van der Waals surface area (Å²) < 4.78 is 15.3. The number of aliphatic hydroxyl groups excluding tert-OH is 4. The highest BCUT2D eigenvalue weighted by atomic mass is 32.2. The first-order valence-electron chi connectivity index (χ1n) is 40.7. The molecular formula is C78H126FN15O18S2. The van der Waals surface area contributed by atoms with Gasteiger partial charge in [-0.1, -0.05) is 71.7 Å². The number of nitrogens with one attached hydrogen (secondary N) is 14. The summed E-state index contributed by atoms with van der Waals surface area (Å²) >= 11 is 2.72. The first-order chi connectivity index (χ1) is 54.1. The molecule has 0 radical (unpaired) electrons. The van der Waals surface area contributed by atoms with E-state index >= 15 is 23.6 Å². The molecule has 1 aromatic rings. The van der Waals surface area contributed by atoms with E-state index in [2.05, 4.69) is 74.4 Å². The summed E-state index contributed by atoms with van der Waals surface area (Å²) in [6.07, 6.45) is -2.32. The van der Waals surface area contributed by atoms with Crippen molar-refractivity contribution >= 4 is 100 Å². The Bertz CT molecular complexity index is 3410. The molecule has 5 unspecified atom stereocenters. The topological polar surface area (TPSA) is 517 Å². The van der Waals surface area contributed by atoms with Crippen molar-refractivity contribution < 1.29 is 92.3 Å². The van der Waals surface area contributed by atoms with Crippen molar-refractivity contribution in [2.24, 2.45) is 34.8 Å². The summed E-state index contributed by atoms with van der Waals surface area (Å²) in [6.45, 7) is 12.1. The van der Waals surface area contributed by atoms with Crippen molar-refractivity contribution in [3.05, 3.63) is 35.4 Å². The Labute approximate surface area is 675 Å². The van der Waals surface area contributed by atoms with Crippen LogP contribution in [0.2, 0.25) is 0 Å². The molecule has 3 heterocycles. The van der Waals surface area contributed by atoms with Crippen LogP contribution in [0.1, 0.15) is 201 Å². The highest BCUT2D eigenvalue weighted by Gasteiger charge is 2.45. The fourth-order valence-corrected chi connectivity index (χ4v) is 17.9. The lowest BCUT2D eigenvalue weighted by Gasteiger charge is -2.34. The first kappa shape index (κ1) is 93.8. The van der Waals surface area contributed by atoms with Crippen LogP contribution in [0.5, 0.6) is 0 Å². The highest BCUT2D eigenvalue weighted by molar-refractivity contribution is 7.98. The zero-order chi connectivity index (χ0) is 83.5. The van der Waals surface area contributed by atoms with Crippen LogP contribution in [-0.4, -0.2) is 243 Å². The van der Waals surface area contributed by atoms with Crippen LogP contribution in [0.15, 0.2) is 24.3 Å². The lowest BCUT2D eigenvalue weighted by Crippen LogP contribution is -2.63. The number of alkyl halides is 1. The maximum atomic E-state index is 15.3. The SMILES string of the molecule is CCC[C@@H]1NC(=O)[C@H](CC2CNC3CCC(F)CC23)NC(=O)[C@H]([C@@H](C)O)NC(=O)[C@H](CC2CNCN2)NC(=O)[C@H](CC2CCC(O)CC2)NC(=O)[C@H](C(C)(C)C)NC(=O)CCSCc2cccc(c2)CSC[C@@H](C(N)=O)NC(=O)[C@H]([C@@H](C)O)NC(=O)[C@H](CCC)NC(=O)[C@H](CC2CCC(O)CC2)NC(=O)[C@H](CCC(=O)O)NC1=O. The molecule has 0 aromatic heterocycles. The summed E-state index contributed by atoms with van der Waals surface area (Å²) in [7, 11) is 0. The highest BCUT2D eigenvalue weighted by Crippen LogP contribution is 2.39. The van der Waals surface area contributed by atoms with Gasteiger partial charge in [-0.3, -0.25) is 62.3 Å². The Hall–Kier alpha value is -7.32. The summed E-state index contributed by atoms with van der Waals surface area (Å²) in [5.41, 5.74) is 6.64. The van der Waals surface area contributed by atoms with E-state index < -0.39 is 204 Å². The number of halogens is 1. The third-order valence-electron chi connectivity index (χ3n) is 22.6. The lowest BCUT2D eigenvalue weighted by atomic mass is 9.77. The van der Waals surface area contributed by atoms with Gasteiger partial charge in [0.25, 0.3) is 0 Å².